The molecule has 200 valence electrons. The maximum atomic E-state index is 2.59. The third kappa shape index (κ3) is 4.79. The molecule has 0 amide bonds. The normalized spacial score (nSPS) is 16.1. The van der Waals surface area contributed by atoms with Crippen LogP contribution in [0.3, 0.4) is 0 Å². The summed E-state index contributed by atoms with van der Waals surface area (Å²) in [5.74, 6) is 0.438. The van der Waals surface area contributed by atoms with Crippen molar-refractivity contribution in [2.45, 2.75) is 94.9 Å². The van der Waals surface area contributed by atoms with Gasteiger partial charge in [0.25, 0.3) is 0 Å². The van der Waals surface area contributed by atoms with Crippen LogP contribution in [-0.4, -0.2) is 8.07 Å². The summed E-state index contributed by atoms with van der Waals surface area (Å²) >= 11 is 0. The van der Waals surface area contributed by atoms with E-state index in [9.17, 15) is 0 Å². The fourth-order valence-electron chi connectivity index (χ4n) is 6.90. The van der Waals surface area contributed by atoms with E-state index in [0.29, 0.717) is 5.92 Å². The molecule has 1 atom stereocenters. The van der Waals surface area contributed by atoms with Crippen LogP contribution in [0.5, 0.6) is 0 Å². The van der Waals surface area contributed by atoms with Crippen LogP contribution in [-0.2, 0) is 25.7 Å². The summed E-state index contributed by atoms with van der Waals surface area (Å²) < 4.78 is 0. The Hall–Kier alpha value is -2.64. The quantitative estimate of drug-likeness (QED) is 0.209. The Labute approximate surface area is 233 Å². The first-order chi connectivity index (χ1) is 18.1. The molecule has 0 saturated carbocycles. The monoisotopic (exact) mass is 520 g/mol. The molecule has 0 saturated heterocycles. The molecule has 0 radical (unpaired) electrons. The van der Waals surface area contributed by atoms with Crippen LogP contribution in [0.1, 0.15) is 88.8 Å². The zero-order chi connectivity index (χ0) is 27.8. The van der Waals surface area contributed by atoms with Crippen LogP contribution >= 0.6 is 0 Å². The average Bonchev–Trinajstić information content (AvgIpc) is 3.11. The Balaban J connectivity index is 2.30. The maximum absolute atomic E-state index is 2.62. The number of benzene rings is 3. The first-order valence-corrected chi connectivity index (χ1v) is 16.8. The Kier molecular flexibility index (Phi) is 8.38. The summed E-state index contributed by atoms with van der Waals surface area (Å²) in [6.45, 7) is 23.4. The third-order valence-electron chi connectivity index (χ3n) is 9.30. The Morgan fingerprint density at radius 1 is 0.500 bits per heavy atom. The standard InChI is InChI=1S/C37H48Si/c1-11-30-18-31(12-2)21-35(20-30)38(34-16-24(5)15-25(6)17-34,37-28(9)26(7)27(8)29(37)10)36-22-32(13-3)19-33(14-4)23-36/h15-23,28H,11-14H2,1-10H3. The second kappa shape index (κ2) is 11.2. The summed E-state index contributed by atoms with van der Waals surface area (Å²) in [5, 5.41) is 6.38. The fourth-order valence-corrected chi connectivity index (χ4v) is 12.9. The van der Waals surface area contributed by atoms with Gasteiger partial charge in [-0.3, -0.25) is 0 Å². The van der Waals surface area contributed by atoms with Gasteiger partial charge in [0.1, 0.15) is 0 Å². The van der Waals surface area contributed by atoms with Gasteiger partial charge >= 0.3 is 0 Å². The van der Waals surface area contributed by atoms with E-state index in [-0.39, 0.29) is 0 Å². The summed E-state index contributed by atoms with van der Waals surface area (Å²) in [6.07, 6.45) is 4.27. The molecule has 1 heteroatoms. The second-order valence-corrected chi connectivity index (χ2v) is 15.5. The van der Waals surface area contributed by atoms with Crippen molar-refractivity contribution in [1.82, 2.24) is 0 Å². The van der Waals surface area contributed by atoms with Crippen LogP contribution < -0.4 is 15.6 Å². The molecule has 0 nitrogen and oxygen atoms in total. The van der Waals surface area contributed by atoms with Gasteiger partial charge in [-0.15, -0.1) is 0 Å². The highest BCUT2D eigenvalue weighted by Crippen LogP contribution is 2.41. The number of aryl methyl sites for hydroxylation is 6. The third-order valence-corrected chi connectivity index (χ3v) is 14.4. The van der Waals surface area contributed by atoms with Gasteiger partial charge in [0.15, 0.2) is 8.07 Å². The summed E-state index contributed by atoms with van der Waals surface area (Å²) in [6, 6.07) is 22.6. The molecule has 0 aromatic heterocycles. The molecular weight excluding hydrogens is 472 g/mol. The number of allylic oxidation sites excluding steroid dienone is 4. The first-order valence-electron chi connectivity index (χ1n) is 14.8. The molecular formula is C37H48Si. The second-order valence-electron chi connectivity index (χ2n) is 11.7. The zero-order valence-corrected chi connectivity index (χ0v) is 26.6. The Bertz CT molecular complexity index is 1290. The van der Waals surface area contributed by atoms with Crippen molar-refractivity contribution in [3.8, 4) is 0 Å². The predicted molar refractivity (Wildman–Crippen MR) is 171 cm³/mol. The van der Waals surface area contributed by atoms with Crippen LogP contribution in [0.4, 0.5) is 0 Å². The van der Waals surface area contributed by atoms with E-state index in [1.54, 1.807) is 26.3 Å². The van der Waals surface area contributed by atoms with Crippen LogP contribution in [0.25, 0.3) is 0 Å². The van der Waals surface area contributed by atoms with E-state index in [2.05, 4.69) is 124 Å². The van der Waals surface area contributed by atoms with Gasteiger partial charge in [0.2, 0.25) is 0 Å². The van der Waals surface area contributed by atoms with Crippen molar-refractivity contribution in [2.24, 2.45) is 5.92 Å². The Morgan fingerprint density at radius 2 is 0.868 bits per heavy atom. The van der Waals surface area contributed by atoms with Crippen LogP contribution in [0, 0.1) is 19.8 Å². The van der Waals surface area contributed by atoms with Gasteiger partial charge in [-0.2, -0.15) is 0 Å². The minimum Gasteiger partial charge on any atom is -0.0636 e. The number of rotatable bonds is 8. The molecule has 1 aliphatic carbocycles. The molecule has 0 heterocycles. The minimum atomic E-state index is -2.62. The zero-order valence-electron chi connectivity index (χ0n) is 25.6. The lowest BCUT2D eigenvalue weighted by molar-refractivity contribution is 0.851. The molecule has 38 heavy (non-hydrogen) atoms. The van der Waals surface area contributed by atoms with Crippen molar-refractivity contribution < 1.29 is 0 Å². The van der Waals surface area contributed by atoms with Gasteiger partial charge in [0, 0.05) is 0 Å². The van der Waals surface area contributed by atoms with E-state index >= 15 is 0 Å². The molecule has 0 bridgehead atoms. The fraction of sp³-hybridized carbons (Fsp3) is 0.405. The van der Waals surface area contributed by atoms with E-state index < -0.39 is 8.07 Å². The summed E-state index contributed by atoms with van der Waals surface area (Å²) in [4.78, 5) is 0. The highest BCUT2D eigenvalue weighted by molar-refractivity contribution is 7.16. The SMILES string of the molecule is CCc1cc(CC)cc([Si](C2=C(C)C(C)=C(C)C2C)(c2cc(C)cc(C)c2)c2cc(CC)cc(CC)c2)c1. The topological polar surface area (TPSA) is 0 Å². The maximum Gasteiger partial charge on any atom is 0.176 e. The van der Waals surface area contributed by atoms with E-state index in [1.807, 2.05) is 0 Å². The van der Waals surface area contributed by atoms with Gasteiger partial charge in [-0.05, 0) is 110 Å². The lowest BCUT2D eigenvalue weighted by Crippen LogP contribution is -2.70. The van der Waals surface area contributed by atoms with Crippen molar-refractivity contribution in [3.05, 3.63) is 110 Å². The molecule has 0 fully saturated rings. The highest BCUT2D eigenvalue weighted by atomic mass is 28.3. The van der Waals surface area contributed by atoms with Crippen molar-refractivity contribution in [1.29, 1.82) is 0 Å². The van der Waals surface area contributed by atoms with Gasteiger partial charge in [0.05, 0.1) is 0 Å². The molecule has 1 unspecified atom stereocenters. The largest absolute Gasteiger partial charge is 0.176 e. The minimum absolute atomic E-state index is 0.438. The van der Waals surface area contributed by atoms with Gasteiger partial charge < -0.3 is 0 Å². The van der Waals surface area contributed by atoms with Crippen LogP contribution in [0.15, 0.2) is 76.5 Å². The first kappa shape index (κ1) is 28.4. The lowest BCUT2D eigenvalue weighted by atomic mass is 10.1. The molecule has 0 spiro atoms. The Morgan fingerprint density at radius 3 is 1.18 bits per heavy atom. The van der Waals surface area contributed by atoms with Crippen molar-refractivity contribution in [2.75, 3.05) is 0 Å². The molecule has 4 rings (SSSR count). The molecule has 0 aliphatic heterocycles. The van der Waals surface area contributed by atoms with Crippen molar-refractivity contribution in [3.63, 3.8) is 0 Å². The summed E-state index contributed by atoms with van der Waals surface area (Å²) in [5.41, 5.74) is 13.2. The molecule has 3 aromatic carbocycles. The lowest BCUT2D eigenvalue weighted by Gasteiger charge is -2.40. The van der Waals surface area contributed by atoms with Gasteiger partial charge in [-0.25, -0.2) is 0 Å². The van der Waals surface area contributed by atoms with Gasteiger partial charge in [-0.1, -0.05) is 117 Å². The van der Waals surface area contributed by atoms with E-state index in [1.165, 1.54) is 44.5 Å². The average molecular weight is 521 g/mol. The highest BCUT2D eigenvalue weighted by Gasteiger charge is 2.48. The van der Waals surface area contributed by atoms with Crippen molar-refractivity contribution >= 4 is 23.6 Å². The molecule has 0 N–H and O–H groups in total. The van der Waals surface area contributed by atoms with E-state index in [0.717, 1.165) is 25.7 Å². The smallest absolute Gasteiger partial charge is 0.0636 e. The van der Waals surface area contributed by atoms with Crippen LogP contribution in [0.2, 0.25) is 0 Å². The molecule has 1 aliphatic rings. The number of hydrogen-bond acceptors (Lipinski definition) is 0. The molecule has 3 aromatic rings. The van der Waals surface area contributed by atoms with E-state index in [4.69, 9.17) is 0 Å². The predicted octanol–water partition coefficient (Wildman–Crippen LogP) is 7.87. The summed E-state index contributed by atoms with van der Waals surface area (Å²) in [7, 11) is -2.62. The number of hydrogen-bond donors (Lipinski definition) is 0.